The van der Waals surface area contributed by atoms with Crippen molar-refractivity contribution in [2.24, 2.45) is 0 Å². The van der Waals surface area contributed by atoms with Crippen LogP contribution in [0.5, 0.6) is 0 Å². The van der Waals surface area contributed by atoms with Gasteiger partial charge < -0.3 is 37.9 Å². The lowest BCUT2D eigenvalue weighted by Gasteiger charge is -2.08. The lowest BCUT2D eigenvalue weighted by atomic mass is 10.9. The summed E-state index contributed by atoms with van der Waals surface area (Å²) < 4.78 is 39.6. The summed E-state index contributed by atoms with van der Waals surface area (Å²) in [6.45, 7) is 5.85. The minimum absolute atomic E-state index is 0.0664. The average molecular weight is 284 g/mol. The van der Waals surface area contributed by atoms with Gasteiger partial charge >= 0.3 is 0 Å². The van der Waals surface area contributed by atoms with Crippen LogP contribution >= 0.6 is 0 Å². The molecule has 0 aliphatic carbocycles. The Labute approximate surface area is 113 Å². The molecule has 0 spiro atoms. The first-order chi connectivity index (χ1) is 9.41. The Balaban J connectivity index is 2.88. The first kappa shape index (κ1) is 18.7. The van der Waals surface area contributed by atoms with E-state index in [0.717, 1.165) is 0 Å². The van der Waals surface area contributed by atoms with E-state index in [-0.39, 0.29) is 47.6 Å². The van der Waals surface area contributed by atoms with Crippen molar-refractivity contribution >= 4 is 0 Å². The summed E-state index contributed by atoms with van der Waals surface area (Å²) in [6, 6.07) is 0. The largest absolute Gasteiger partial charge is 0.356 e. The molecule has 0 amide bonds. The number of rotatable bonds is 16. The minimum atomic E-state index is 0.0664. The molecule has 8 heteroatoms. The van der Waals surface area contributed by atoms with Gasteiger partial charge in [-0.25, -0.2) is 0 Å². The highest BCUT2D eigenvalue weighted by Crippen LogP contribution is 1.86. The molecule has 0 aliphatic heterocycles. The van der Waals surface area contributed by atoms with Crippen molar-refractivity contribution in [2.75, 3.05) is 60.8 Å². The highest BCUT2D eigenvalue weighted by molar-refractivity contribution is 4.10. The molecule has 0 saturated carbocycles. The Morgan fingerprint density at radius 2 is 0.579 bits per heavy atom. The Morgan fingerprint density at radius 3 is 0.789 bits per heavy atom. The molecule has 8 nitrogen and oxygen atoms in total. The molecule has 0 saturated heterocycles. The second-order valence-corrected chi connectivity index (χ2v) is 3.04. The third-order valence-electron chi connectivity index (χ3n) is 1.57. The molecule has 19 heavy (non-hydrogen) atoms. The van der Waals surface area contributed by atoms with Crippen LogP contribution in [0.3, 0.4) is 0 Å². The maximum Gasteiger partial charge on any atom is 0.152 e. The normalized spacial score (nSPS) is 11.1. The van der Waals surface area contributed by atoms with E-state index in [4.69, 9.17) is 37.9 Å². The summed E-state index contributed by atoms with van der Waals surface area (Å²) in [5.41, 5.74) is 0. The maximum absolute atomic E-state index is 4.97. The van der Waals surface area contributed by atoms with E-state index in [9.17, 15) is 0 Å². The van der Waals surface area contributed by atoms with Gasteiger partial charge in [0.25, 0.3) is 0 Å². The lowest BCUT2D eigenvalue weighted by Crippen LogP contribution is -2.11. The van der Waals surface area contributed by atoms with Crippen molar-refractivity contribution < 1.29 is 37.9 Å². The number of ether oxygens (including phenoxy) is 8. The molecule has 0 aromatic heterocycles. The second kappa shape index (κ2) is 17.7. The third-order valence-corrected chi connectivity index (χ3v) is 1.57. The van der Waals surface area contributed by atoms with E-state index in [0.29, 0.717) is 13.2 Å². The Kier molecular flexibility index (Phi) is 17.4. The van der Waals surface area contributed by atoms with E-state index in [1.165, 1.54) is 0 Å². The van der Waals surface area contributed by atoms with Crippen LogP contribution in [0.1, 0.15) is 13.8 Å². The Hall–Kier alpha value is -0.320. The van der Waals surface area contributed by atoms with Crippen LogP contribution in [0.4, 0.5) is 0 Å². The molecule has 0 fully saturated rings. The van der Waals surface area contributed by atoms with Gasteiger partial charge in [0.15, 0.2) is 34.0 Å². The van der Waals surface area contributed by atoms with Gasteiger partial charge in [-0.3, -0.25) is 0 Å². The molecule has 0 rings (SSSR count). The highest BCUT2D eigenvalue weighted by atomic mass is 16.8. The van der Waals surface area contributed by atoms with Crippen molar-refractivity contribution in [1.82, 2.24) is 0 Å². The van der Waals surface area contributed by atoms with Crippen LogP contribution < -0.4 is 0 Å². The maximum atomic E-state index is 4.97. The molecule has 0 aromatic carbocycles. The fourth-order valence-corrected chi connectivity index (χ4v) is 0.783. The van der Waals surface area contributed by atoms with Crippen LogP contribution in [-0.4, -0.2) is 60.8 Å². The summed E-state index contributed by atoms with van der Waals surface area (Å²) >= 11 is 0. The zero-order valence-electron chi connectivity index (χ0n) is 11.6. The quantitative estimate of drug-likeness (QED) is 0.305. The van der Waals surface area contributed by atoms with Crippen molar-refractivity contribution in [3.63, 3.8) is 0 Å². The zero-order chi connectivity index (χ0) is 14.0. The van der Waals surface area contributed by atoms with Crippen LogP contribution in [0.15, 0.2) is 0 Å². The predicted octanol–water partition coefficient (Wildman–Crippen LogP) is 0.861. The first-order valence-corrected chi connectivity index (χ1v) is 6.03. The standard InChI is InChI=1S/C11H24O8/c1-3-12-5-14-7-16-9-18-11-19-10-17-8-15-6-13-4-2/h3-11H2,1-2H3. The average Bonchev–Trinajstić information content (AvgIpc) is 2.43. The monoisotopic (exact) mass is 284 g/mol. The van der Waals surface area contributed by atoms with Gasteiger partial charge in [0.05, 0.1) is 0 Å². The van der Waals surface area contributed by atoms with Gasteiger partial charge in [0, 0.05) is 13.2 Å². The summed E-state index contributed by atoms with van der Waals surface area (Å²) in [5, 5.41) is 0. The molecular formula is C11H24O8. The summed E-state index contributed by atoms with van der Waals surface area (Å²) in [7, 11) is 0. The highest BCUT2D eigenvalue weighted by Gasteiger charge is 1.91. The van der Waals surface area contributed by atoms with Gasteiger partial charge in [-0.2, -0.15) is 0 Å². The molecule has 0 aliphatic rings. The van der Waals surface area contributed by atoms with Gasteiger partial charge in [-0.15, -0.1) is 0 Å². The molecule has 0 atom stereocenters. The van der Waals surface area contributed by atoms with Crippen molar-refractivity contribution in [2.45, 2.75) is 13.8 Å². The van der Waals surface area contributed by atoms with Gasteiger partial charge in [0.1, 0.15) is 13.6 Å². The molecule has 0 bridgehead atoms. The van der Waals surface area contributed by atoms with Crippen LogP contribution in [0, 0.1) is 0 Å². The molecule has 0 aromatic rings. The predicted molar refractivity (Wildman–Crippen MR) is 63.8 cm³/mol. The van der Waals surface area contributed by atoms with E-state index in [2.05, 4.69) is 0 Å². The van der Waals surface area contributed by atoms with Crippen molar-refractivity contribution in [1.29, 1.82) is 0 Å². The van der Waals surface area contributed by atoms with E-state index < -0.39 is 0 Å². The van der Waals surface area contributed by atoms with E-state index >= 15 is 0 Å². The lowest BCUT2D eigenvalue weighted by molar-refractivity contribution is -0.220. The van der Waals surface area contributed by atoms with E-state index in [1.807, 2.05) is 13.8 Å². The van der Waals surface area contributed by atoms with E-state index in [1.54, 1.807) is 0 Å². The molecule has 0 unspecified atom stereocenters. The third kappa shape index (κ3) is 17.7. The molecule has 0 N–H and O–H groups in total. The number of hydrogen-bond acceptors (Lipinski definition) is 8. The first-order valence-electron chi connectivity index (χ1n) is 6.03. The van der Waals surface area contributed by atoms with Gasteiger partial charge in [-0.05, 0) is 13.8 Å². The molecular weight excluding hydrogens is 260 g/mol. The van der Waals surface area contributed by atoms with Crippen LogP contribution in [0.25, 0.3) is 0 Å². The summed E-state index contributed by atoms with van der Waals surface area (Å²) in [6.07, 6.45) is 0. The number of hydrogen-bond donors (Lipinski definition) is 0. The van der Waals surface area contributed by atoms with Gasteiger partial charge in [-0.1, -0.05) is 0 Å². The van der Waals surface area contributed by atoms with Crippen molar-refractivity contribution in [3.8, 4) is 0 Å². The van der Waals surface area contributed by atoms with Crippen molar-refractivity contribution in [3.05, 3.63) is 0 Å². The SMILES string of the molecule is CCOCOCOCOCOCOCOCOCC. The Morgan fingerprint density at radius 1 is 0.368 bits per heavy atom. The van der Waals surface area contributed by atoms with Crippen LogP contribution in [0.2, 0.25) is 0 Å². The fourth-order valence-electron chi connectivity index (χ4n) is 0.783. The van der Waals surface area contributed by atoms with Gasteiger partial charge in [0.2, 0.25) is 0 Å². The summed E-state index contributed by atoms with van der Waals surface area (Å²) in [4.78, 5) is 0. The second-order valence-electron chi connectivity index (χ2n) is 3.04. The topological polar surface area (TPSA) is 73.8 Å². The zero-order valence-corrected chi connectivity index (χ0v) is 11.6. The molecule has 116 valence electrons. The summed E-state index contributed by atoms with van der Waals surface area (Å²) in [5.74, 6) is 0. The fraction of sp³-hybridized carbons (Fsp3) is 1.00. The molecule has 0 heterocycles. The van der Waals surface area contributed by atoms with Crippen LogP contribution in [-0.2, 0) is 37.9 Å². The Bertz CT molecular complexity index is 142. The molecule has 0 radical (unpaired) electrons. The minimum Gasteiger partial charge on any atom is -0.356 e. The smallest absolute Gasteiger partial charge is 0.152 e.